The van der Waals surface area contributed by atoms with E-state index in [0.717, 1.165) is 16.7 Å². The number of rotatable bonds is 7. The van der Waals surface area contributed by atoms with Crippen LogP contribution in [0.2, 0.25) is 5.02 Å². The van der Waals surface area contributed by atoms with Crippen LogP contribution in [-0.4, -0.2) is 20.4 Å². The molecule has 1 atom stereocenters. The van der Waals surface area contributed by atoms with E-state index >= 15 is 0 Å². The molecule has 0 fully saturated rings. The minimum absolute atomic E-state index is 0.0456. The second kappa shape index (κ2) is 9.43. The van der Waals surface area contributed by atoms with Gasteiger partial charge in [-0.1, -0.05) is 59.6 Å². The Morgan fingerprint density at radius 1 is 0.967 bits per heavy atom. The first-order valence-corrected chi connectivity index (χ1v) is 11.3. The number of carbonyl (C=O) groups is 1. The zero-order chi connectivity index (χ0) is 21.7. The summed E-state index contributed by atoms with van der Waals surface area (Å²) in [7, 11) is -3.92. The van der Waals surface area contributed by atoms with Crippen molar-refractivity contribution in [2.75, 3.05) is 5.32 Å². The maximum atomic E-state index is 13.1. The van der Waals surface area contributed by atoms with Crippen molar-refractivity contribution in [2.45, 2.75) is 31.2 Å². The molecule has 0 aliphatic heterocycles. The molecule has 30 heavy (non-hydrogen) atoms. The van der Waals surface area contributed by atoms with Crippen LogP contribution >= 0.6 is 11.6 Å². The minimum atomic E-state index is -3.92. The Balaban J connectivity index is 1.87. The lowest BCUT2D eigenvalue weighted by Gasteiger charge is -2.20. The normalized spacial score (nSPS) is 12.4. The average molecular weight is 443 g/mol. The van der Waals surface area contributed by atoms with Crippen molar-refractivity contribution in [3.63, 3.8) is 0 Å². The first-order chi connectivity index (χ1) is 14.2. The van der Waals surface area contributed by atoms with Crippen molar-refractivity contribution in [1.29, 1.82) is 0 Å². The quantitative estimate of drug-likeness (QED) is 0.566. The van der Waals surface area contributed by atoms with E-state index in [1.54, 1.807) is 0 Å². The molecule has 156 valence electrons. The summed E-state index contributed by atoms with van der Waals surface area (Å²) in [5.41, 5.74) is 3.48. The van der Waals surface area contributed by atoms with E-state index < -0.39 is 22.0 Å². The third-order valence-electron chi connectivity index (χ3n) is 4.66. The molecule has 0 aliphatic carbocycles. The van der Waals surface area contributed by atoms with Gasteiger partial charge in [0.15, 0.2) is 0 Å². The summed E-state index contributed by atoms with van der Waals surface area (Å²) >= 11 is 5.86. The standard InChI is InChI=1S/C23H23ClN2O3S/c1-16-8-13-21(17(2)14-16)25-23(27)22(15-18-6-4-3-5-7-18)26-30(28,29)20-11-9-19(24)10-12-20/h3-14,22,26H,15H2,1-2H3,(H,25,27)/t22-/m1/s1. The third kappa shape index (κ3) is 5.69. The van der Waals surface area contributed by atoms with Crippen molar-refractivity contribution in [3.05, 3.63) is 94.5 Å². The number of amides is 1. The molecule has 5 nitrogen and oxygen atoms in total. The van der Waals surface area contributed by atoms with Crippen LogP contribution in [0.1, 0.15) is 16.7 Å². The maximum absolute atomic E-state index is 13.1. The fraction of sp³-hybridized carbons (Fsp3) is 0.174. The molecular formula is C23H23ClN2O3S. The molecule has 0 unspecified atom stereocenters. The Hall–Kier alpha value is -2.67. The largest absolute Gasteiger partial charge is 0.324 e. The monoisotopic (exact) mass is 442 g/mol. The maximum Gasteiger partial charge on any atom is 0.242 e. The molecule has 7 heteroatoms. The van der Waals surface area contributed by atoms with Crippen molar-refractivity contribution < 1.29 is 13.2 Å². The van der Waals surface area contributed by atoms with Crippen LogP contribution in [0.4, 0.5) is 5.69 Å². The van der Waals surface area contributed by atoms with Gasteiger partial charge in [-0.05, 0) is 61.7 Å². The van der Waals surface area contributed by atoms with Gasteiger partial charge in [-0.25, -0.2) is 8.42 Å². The number of benzene rings is 3. The van der Waals surface area contributed by atoms with E-state index in [1.807, 2.05) is 62.4 Å². The smallest absolute Gasteiger partial charge is 0.242 e. The summed E-state index contributed by atoms with van der Waals surface area (Å²) in [5.74, 6) is -0.427. The predicted octanol–water partition coefficient (Wildman–Crippen LogP) is 4.49. The van der Waals surface area contributed by atoms with Crippen LogP contribution in [0.3, 0.4) is 0 Å². The third-order valence-corrected chi connectivity index (χ3v) is 6.40. The van der Waals surface area contributed by atoms with E-state index in [1.165, 1.54) is 24.3 Å². The predicted molar refractivity (Wildman–Crippen MR) is 120 cm³/mol. The van der Waals surface area contributed by atoms with E-state index in [4.69, 9.17) is 11.6 Å². The molecule has 3 aromatic rings. The molecule has 0 heterocycles. The lowest BCUT2D eigenvalue weighted by Crippen LogP contribution is -2.45. The summed E-state index contributed by atoms with van der Waals surface area (Å²) in [6, 6.07) is 19.8. The van der Waals surface area contributed by atoms with Gasteiger partial charge in [-0.15, -0.1) is 0 Å². The topological polar surface area (TPSA) is 75.3 Å². The number of halogens is 1. The molecule has 2 N–H and O–H groups in total. The molecule has 3 rings (SSSR count). The fourth-order valence-electron chi connectivity index (χ4n) is 3.08. The Bertz CT molecular complexity index is 1130. The molecule has 0 spiro atoms. The van der Waals surface area contributed by atoms with Crippen LogP contribution in [-0.2, 0) is 21.2 Å². The summed E-state index contributed by atoms with van der Waals surface area (Å²) in [6.45, 7) is 3.86. The summed E-state index contributed by atoms with van der Waals surface area (Å²) in [4.78, 5) is 13.1. The van der Waals surface area contributed by atoms with Crippen LogP contribution in [0.25, 0.3) is 0 Å². The zero-order valence-corrected chi connectivity index (χ0v) is 18.3. The Labute approximate surface area is 182 Å². The highest BCUT2D eigenvalue weighted by molar-refractivity contribution is 7.89. The van der Waals surface area contributed by atoms with Crippen molar-refractivity contribution >= 4 is 33.2 Å². The molecule has 0 saturated heterocycles. The van der Waals surface area contributed by atoms with Gasteiger partial charge in [0.2, 0.25) is 15.9 Å². The Morgan fingerprint density at radius 3 is 2.27 bits per heavy atom. The van der Waals surface area contributed by atoms with E-state index in [0.29, 0.717) is 10.7 Å². The molecule has 0 saturated carbocycles. The van der Waals surface area contributed by atoms with Gasteiger partial charge in [0.25, 0.3) is 0 Å². The highest BCUT2D eigenvalue weighted by Crippen LogP contribution is 2.18. The molecule has 0 radical (unpaired) electrons. The molecule has 3 aromatic carbocycles. The lowest BCUT2D eigenvalue weighted by molar-refractivity contribution is -0.117. The first kappa shape index (κ1) is 22.0. The number of aryl methyl sites for hydroxylation is 2. The zero-order valence-electron chi connectivity index (χ0n) is 16.7. The van der Waals surface area contributed by atoms with Gasteiger partial charge >= 0.3 is 0 Å². The lowest BCUT2D eigenvalue weighted by atomic mass is 10.1. The number of hydrogen-bond donors (Lipinski definition) is 2. The number of anilines is 1. The summed E-state index contributed by atoms with van der Waals surface area (Å²) in [5, 5.41) is 3.29. The van der Waals surface area contributed by atoms with Gasteiger partial charge in [0, 0.05) is 10.7 Å². The second-order valence-corrected chi connectivity index (χ2v) is 9.28. The van der Waals surface area contributed by atoms with Crippen LogP contribution in [0, 0.1) is 13.8 Å². The van der Waals surface area contributed by atoms with Gasteiger partial charge in [0.1, 0.15) is 6.04 Å². The highest BCUT2D eigenvalue weighted by atomic mass is 35.5. The minimum Gasteiger partial charge on any atom is -0.324 e. The average Bonchev–Trinajstić information content (AvgIpc) is 2.70. The Kier molecular flexibility index (Phi) is 6.92. The van der Waals surface area contributed by atoms with Crippen LogP contribution in [0.15, 0.2) is 77.7 Å². The van der Waals surface area contributed by atoms with E-state index in [-0.39, 0.29) is 11.3 Å². The highest BCUT2D eigenvalue weighted by Gasteiger charge is 2.26. The second-order valence-electron chi connectivity index (χ2n) is 7.13. The van der Waals surface area contributed by atoms with Crippen LogP contribution < -0.4 is 10.0 Å². The fourth-order valence-corrected chi connectivity index (χ4v) is 4.40. The van der Waals surface area contributed by atoms with Crippen molar-refractivity contribution in [1.82, 2.24) is 4.72 Å². The summed E-state index contributed by atoms with van der Waals surface area (Å²) < 4.78 is 28.3. The van der Waals surface area contributed by atoms with Crippen molar-refractivity contribution in [3.8, 4) is 0 Å². The van der Waals surface area contributed by atoms with E-state index in [2.05, 4.69) is 10.0 Å². The first-order valence-electron chi connectivity index (χ1n) is 9.44. The summed E-state index contributed by atoms with van der Waals surface area (Å²) in [6.07, 6.45) is 0.213. The van der Waals surface area contributed by atoms with E-state index in [9.17, 15) is 13.2 Å². The number of sulfonamides is 1. The van der Waals surface area contributed by atoms with Crippen molar-refractivity contribution in [2.24, 2.45) is 0 Å². The molecule has 0 aliphatic rings. The van der Waals surface area contributed by atoms with Gasteiger partial charge in [-0.3, -0.25) is 4.79 Å². The van der Waals surface area contributed by atoms with Gasteiger partial charge in [0.05, 0.1) is 4.90 Å². The molecular weight excluding hydrogens is 420 g/mol. The Morgan fingerprint density at radius 2 is 1.63 bits per heavy atom. The molecule has 1 amide bonds. The number of hydrogen-bond acceptors (Lipinski definition) is 3. The molecule has 0 aromatic heterocycles. The molecule has 0 bridgehead atoms. The van der Waals surface area contributed by atoms with Gasteiger partial charge in [-0.2, -0.15) is 4.72 Å². The number of carbonyl (C=O) groups excluding carboxylic acids is 1. The number of nitrogens with one attached hydrogen (secondary N) is 2. The van der Waals surface area contributed by atoms with Gasteiger partial charge < -0.3 is 5.32 Å². The SMILES string of the molecule is Cc1ccc(NC(=O)[C@@H](Cc2ccccc2)NS(=O)(=O)c2ccc(Cl)cc2)c(C)c1. The van der Waals surface area contributed by atoms with Crippen LogP contribution in [0.5, 0.6) is 0 Å².